The monoisotopic (exact) mass is 333 g/mol. The van der Waals surface area contributed by atoms with Crippen molar-refractivity contribution in [1.82, 2.24) is 4.90 Å². The van der Waals surface area contributed by atoms with Crippen LogP contribution in [0.25, 0.3) is 0 Å². The van der Waals surface area contributed by atoms with Crippen LogP contribution < -0.4 is 0 Å². The van der Waals surface area contributed by atoms with E-state index in [1.54, 1.807) is 12.1 Å². The van der Waals surface area contributed by atoms with Crippen LogP contribution in [0.4, 0.5) is 0 Å². The van der Waals surface area contributed by atoms with Gasteiger partial charge in [-0.1, -0.05) is 39.0 Å². The van der Waals surface area contributed by atoms with Gasteiger partial charge >= 0.3 is 0 Å². The molecule has 1 aliphatic rings. The molecule has 1 unspecified atom stereocenters. The third kappa shape index (κ3) is 4.09. The second-order valence-corrected chi connectivity index (χ2v) is 12.5. The largest absolute Gasteiger partial charge is 0.413 e. The number of imide groups is 1. The zero-order valence-corrected chi connectivity index (χ0v) is 15.8. The highest BCUT2D eigenvalue weighted by Crippen LogP contribution is 2.38. The number of nitrogens with zero attached hydrogens (tertiary/aromatic N) is 1. The summed E-state index contributed by atoms with van der Waals surface area (Å²) in [6.07, 6.45) is 0.949. The van der Waals surface area contributed by atoms with E-state index in [1.807, 2.05) is 18.2 Å². The van der Waals surface area contributed by atoms with E-state index < -0.39 is 8.32 Å². The van der Waals surface area contributed by atoms with E-state index in [4.69, 9.17) is 4.43 Å². The van der Waals surface area contributed by atoms with Crippen molar-refractivity contribution in [2.75, 3.05) is 6.54 Å². The number of hydrogen-bond acceptors (Lipinski definition) is 3. The molecule has 126 valence electrons. The summed E-state index contributed by atoms with van der Waals surface area (Å²) in [5, 5.41) is 0.118. The molecule has 1 aliphatic heterocycles. The van der Waals surface area contributed by atoms with Gasteiger partial charge in [-0.05, 0) is 36.7 Å². The van der Waals surface area contributed by atoms with Gasteiger partial charge in [-0.2, -0.15) is 0 Å². The van der Waals surface area contributed by atoms with Crippen LogP contribution in [-0.2, 0) is 9.22 Å². The molecule has 1 atom stereocenters. The highest BCUT2D eigenvalue weighted by Gasteiger charge is 2.41. The highest BCUT2D eigenvalue weighted by atomic mass is 28.4. The lowest BCUT2D eigenvalue weighted by atomic mass is 10.1. The summed E-state index contributed by atoms with van der Waals surface area (Å²) in [7, 11) is -1.89. The van der Waals surface area contributed by atoms with Gasteiger partial charge in [0.1, 0.15) is 0 Å². The minimum atomic E-state index is -1.89. The van der Waals surface area contributed by atoms with Crippen LogP contribution in [0.15, 0.2) is 30.3 Å². The molecular formula is C18H27NO3Si. The number of carbonyl (C=O) groups excluding carboxylic acids is 2. The topological polar surface area (TPSA) is 46.6 Å². The number of hydrogen-bond donors (Lipinski definition) is 0. The van der Waals surface area contributed by atoms with Gasteiger partial charge in [0, 0.05) is 12.1 Å². The van der Waals surface area contributed by atoms with Crippen molar-refractivity contribution in [3.05, 3.63) is 35.9 Å². The summed E-state index contributed by atoms with van der Waals surface area (Å²) >= 11 is 0. The summed E-state index contributed by atoms with van der Waals surface area (Å²) in [4.78, 5) is 26.2. The number of piperidine rings is 1. The molecule has 0 N–H and O–H groups in total. The predicted molar refractivity (Wildman–Crippen MR) is 93.8 cm³/mol. The van der Waals surface area contributed by atoms with Crippen molar-refractivity contribution in [3.8, 4) is 0 Å². The van der Waals surface area contributed by atoms with Crippen LogP contribution in [-0.4, -0.2) is 37.7 Å². The van der Waals surface area contributed by atoms with Crippen LogP contribution in [0, 0.1) is 0 Å². The van der Waals surface area contributed by atoms with Crippen molar-refractivity contribution in [2.45, 2.75) is 57.8 Å². The predicted octanol–water partition coefficient (Wildman–Crippen LogP) is 3.84. The summed E-state index contributed by atoms with van der Waals surface area (Å²) < 4.78 is 6.33. The molecule has 5 heteroatoms. The van der Waals surface area contributed by atoms with Gasteiger partial charge in [-0.25, -0.2) is 0 Å². The molecule has 0 bridgehead atoms. The van der Waals surface area contributed by atoms with Gasteiger partial charge in [0.15, 0.2) is 8.32 Å². The van der Waals surface area contributed by atoms with Crippen molar-refractivity contribution < 1.29 is 14.0 Å². The number of likely N-dealkylation sites (tertiary alicyclic amines) is 1. The molecule has 2 rings (SSSR count). The van der Waals surface area contributed by atoms with Crippen LogP contribution in [0.5, 0.6) is 0 Å². The fourth-order valence-corrected chi connectivity index (χ4v) is 3.84. The van der Waals surface area contributed by atoms with Crippen LogP contribution in [0.3, 0.4) is 0 Å². The van der Waals surface area contributed by atoms with Gasteiger partial charge in [0.25, 0.3) is 5.91 Å². The Hall–Kier alpha value is -1.46. The maximum absolute atomic E-state index is 12.4. The Balaban J connectivity index is 2.01. The van der Waals surface area contributed by atoms with Crippen molar-refractivity contribution in [3.63, 3.8) is 0 Å². The maximum Gasteiger partial charge on any atom is 0.260 e. The van der Waals surface area contributed by atoms with Gasteiger partial charge in [0.2, 0.25) is 5.91 Å². The first-order chi connectivity index (χ1) is 10.6. The van der Waals surface area contributed by atoms with Crippen LogP contribution in [0.2, 0.25) is 18.1 Å². The van der Waals surface area contributed by atoms with E-state index in [9.17, 15) is 9.59 Å². The molecule has 0 aromatic heterocycles. The van der Waals surface area contributed by atoms with E-state index in [1.165, 1.54) is 4.90 Å². The molecule has 1 aromatic rings. The summed E-state index contributed by atoms with van der Waals surface area (Å²) in [6, 6.07) is 8.97. The van der Waals surface area contributed by atoms with Gasteiger partial charge < -0.3 is 4.43 Å². The molecule has 0 radical (unpaired) electrons. The minimum Gasteiger partial charge on any atom is -0.413 e. The second kappa shape index (κ2) is 6.57. The molecule has 2 amide bonds. The number of carbonyl (C=O) groups is 2. The lowest BCUT2D eigenvalue weighted by molar-refractivity contribution is -0.133. The molecule has 1 saturated heterocycles. The molecule has 4 nitrogen and oxygen atoms in total. The second-order valence-electron chi connectivity index (χ2n) is 7.71. The molecule has 0 aliphatic carbocycles. The average Bonchev–Trinajstić information content (AvgIpc) is 2.46. The molecule has 0 saturated carbocycles. The Labute approximate surface area is 140 Å². The normalized spacial score (nSPS) is 19.8. The third-order valence-corrected chi connectivity index (χ3v) is 9.45. The number of benzene rings is 1. The van der Waals surface area contributed by atoms with Crippen molar-refractivity contribution in [2.24, 2.45) is 0 Å². The average molecular weight is 334 g/mol. The molecule has 1 fully saturated rings. The first kappa shape index (κ1) is 17.9. The quantitative estimate of drug-likeness (QED) is 0.624. The molecule has 1 aromatic carbocycles. The Morgan fingerprint density at radius 3 is 2.35 bits per heavy atom. The SMILES string of the molecule is CC(C)(C)[Si](C)(C)OC1CCN(C(=O)c2ccccc2)C(=O)C1. The van der Waals surface area contributed by atoms with Gasteiger partial charge in [-0.3, -0.25) is 14.5 Å². The van der Waals surface area contributed by atoms with Crippen molar-refractivity contribution >= 4 is 20.1 Å². The summed E-state index contributed by atoms with van der Waals surface area (Å²) in [5.74, 6) is -0.338. The Morgan fingerprint density at radius 1 is 1.22 bits per heavy atom. The van der Waals surface area contributed by atoms with Gasteiger partial charge in [-0.15, -0.1) is 0 Å². The van der Waals surface area contributed by atoms with E-state index in [2.05, 4.69) is 33.9 Å². The highest BCUT2D eigenvalue weighted by molar-refractivity contribution is 6.74. The maximum atomic E-state index is 12.4. The van der Waals surface area contributed by atoms with Gasteiger partial charge in [0.05, 0.1) is 12.5 Å². The van der Waals surface area contributed by atoms with E-state index >= 15 is 0 Å². The summed E-state index contributed by atoms with van der Waals surface area (Å²) in [5.41, 5.74) is 0.560. The Bertz CT molecular complexity index is 578. The lowest BCUT2D eigenvalue weighted by Gasteiger charge is -2.41. The van der Waals surface area contributed by atoms with E-state index in [0.717, 1.165) is 6.42 Å². The van der Waals surface area contributed by atoms with Crippen LogP contribution >= 0.6 is 0 Å². The van der Waals surface area contributed by atoms with E-state index in [-0.39, 0.29) is 23.0 Å². The lowest BCUT2D eigenvalue weighted by Crippen LogP contribution is -2.50. The standard InChI is InChI=1S/C18H27NO3Si/c1-18(2,3)23(4,5)22-15-11-12-19(16(20)13-15)17(21)14-9-7-6-8-10-14/h6-10,15H,11-13H2,1-5H3. The Morgan fingerprint density at radius 2 is 1.83 bits per heavy atom. The smallest absolute Gasteiger partial charge is 0.260 e. The number of amides is 2. The minimum absolute atomic E-state index is 0.0665. The molecule has 23 heavy (non-hydrogen) atoms. The zero-order chi connectivity index (χ0) is 17.3. The van der Waals surface area contributed by atoms with Crippen LogP contribution in [0.1, 0.15) is 44.0 Å². The zero-order valence-electron chi connectivity index (χ0n) is 14.8. The van der Waals surface area contributed by atoms with E-state index in [0.29, 0.717) is 18.5 Å². The first-order valence-corrected chi connectivity index (χ1v) is 11.1. The number of rotatable bonds is 3. The third-order valence-electron chi connectivity index (χ3n) is 4.91. The first-order valence-electron chi connectivity index (χ1n) is 8.19. The fourth-order valence-electron chi connectivity index (χ4n) is 2.45. The molecule has 1 heterocycles. The molecular weight excluding hydrogens is 306 g/mol. The van der Waals surface area contributed by atoms with Crippen molar-refractivity contribution in [1.29, 1.82) is 0 Å². The molecule has 0 spiro atoms. The summed E-state index contributed by atoms with van der Waals surface area (Å²) in [6.45, 7) is 11.4. The Kier molecular flexibility index (Phi) is 5.11. The fraction of sp³-hybridized carbons (Fsp3) is 0.556.